The van der Waals surface area contributed by atoms with Gasteiger partial charge in [-0.05, 0) is 23.6 Å². The number of nitrogens with zero attached hydrogens (tertiary/aromatic N) is 1. The third kappa shape index (κ3) is 2.29. The Morgan fingerprint density at radius 1 is 1.53 bits per heavy atom. The molecule has 0 aliphatic carbocycles. The molecule has 0 N–H and O–H groups in total. The largest absolute Gasteiger partial charge is 0.342 e. The Morgan fingerprint density at radius 2 is 2.24 bits per heavy atom. The summed E-state index contributed by atoms with van der Waals surface area (Å²) in [5.74, 6) is -0.312. The van der Waals surface area contributed by atoms with Gasteiger partial charge in [0, 0.05) is 25.9 Å². The Balaban J connectivity index is 2.41. The number of hydrogen-bond donors (Lipinski definition) is 0. The van der Waals surface area contributed by atoms with Gasteiger partial charge < -0.3 is 4.90 Å². The highest BCUT2D eigenvalue weighted by Crippen LogP contribution is 2.31. The summed E-state index contributed by atoms with van der Waals surface area (Å²) in [6, 6.07) is 3.45. The number of benzene rings is 1. The molecular weight excluding hydrogens is 241 g/mol. The molecule has 1 aliphatic heterocycles. The van der Waals surface area contributed by atoms with Crippen molar-refractivity contribution in [1.29, 1.82) is 0 Å². The highest BCUT2D eigenvalue weighted by Gasteiger charge is 2.25. The van der Waals surface area contributed by atoms with E-state index >= 15 is 0 Å². The van der Waals surface area contributed by atoms with Crippen LogP contribution in [-0.4, -0.2) is 23.9 Å². The zero-order valence-corrected chi connectivity index (χ0v) is 10.7. The molecule has 1 aromatic carbocycles. The fourth-order valence-corrected chi connectivity index (χ4v) is 2.58. The van der Waals surface area contributed by atoms with E-state index in [1.807, 2.05) is 13.0 Å². The summed E-state index contributed by atoms with van der Waals surface area (Å²) in [6.45, 7) is 4.68. The quantitative estimate of drug-likeness (QED) is 0.698. The normalized spacial score (nSPS) is 19.8. The van der Waals surface area contributed by atoms with Crippen molar-refractivity contribution in [2.24, 2.45) is 0 Å². The Morgan fingerprint density at radius 3 is 2.88 bits per heavy atom. The fraction of sp³-hybridized carbons (Fsp3) is 0.462. The summed E-state index contributed by atoms with van der Waals surface area (Å²) >= 11 is 5.81. The van der Waals surface area contributed by atoms with Gasteiger partial charge in [-0.1, -0.05) is 24.6 Å². The third-order valence-electron chi connectivity index (χ3n) is 3.31. The number of fused-ring (bicyclic) bond motifs is 1. The van der Waals surface area contributed by atoms with Gasteiger partial charge in [0.25, 0.3) is 0 Å². The molecule has 0 unspecified atom stereocenters. The van der Waals surface area contributed by atoms with Gasteiger partial charge in [-0.3, -0.25) is 4.79 Å². The van der Waals surface area contributed by atoms with Crippen molar-refractivity contribution in [3.05, 3.63) is 34.1 Å². The van der Waals surface area contributed by atoms with E-state index in [0.29, 0.717) is 25.1 Å². The monoisotopic (exact) mass is 255 g/mol. The summed E-state index contributed by atoms with van der Waals surface area (Å²) in [5.41, 5.74) is 1.63. The van der Waals surface area contributed by atoms with Crippen LogP contribution in [0.1, 0.15) is 30.9 Å². The van der Waals surface area contributed by atoms with Gasteiger partial charge in [0.1, 0.15) is 5.82 Å². The van der Waals surface area contributed by atoms with E-state index in [1.54, 1.807) is 17.9 Å². The molecule has 2 rings (SSSR count). The minimum atomic E-state index is -0.331. The number of carbonyl (C=O) groups is 1. The van der Waals surface area contributed by atoms with E-state index < -0.39 is 0 Å². The highest BCUT2D eigenvalue weighted by atomic mass is 35.5. The van der Waals surface area contributed by atoms with E-state index in [1.165, 1.54) is 0 Å². The van der Waals surface area contributed by atoms with Gasteiger partial charge in [-0.25, -0.2) is 4.39 Å². The predicted octanol–water partition coefficient (Wildman–Crippen LogP) is 2.99. The van der Waals surface area contributed by atoms with Crippen LogP contribution < -0.4 is 0 Å². The van der Waals surface area contributed by atoms with Crippen molar-refractivity contribution in [2.75, 3.05) is 13.1 Å². The molecule has 4 heteroatoms. The van der Waals surface area contributed by atoms with Crippen LogP contribution in [0.2, 0.25) is 5.02 Å². The van der Waals surface area contributed by atoms with Crippen molar-refractivity contribution in [1.82, 2.24) is 4.90 Å². The van der Waals surface area contributed by atoms with Gasteiger partial charge in [0.05, 0.1) is 5.02 Å². The number of amides is 1. The molecular formula is C13H15ClFNO. The lowest BCUT2D eigenvalue weighted by Gasteiger charge is -2.21. The Labute approximate surface area is 105 Å². The van der Waals surface area contributed by atoms with E-state index in [9.17, 15) is 9.18 Å². The average molecular weight is 256 g/mol. The summed E-state index contributed by atoms with van der Waals surface area (Å²) in [7, 11) is 0. The molecule has 17 heavy (non-hydrogen) atoms. The van der Waals surface area contributed by atoms with Crippen LogP contribution in [0.3, 0.4) is 0 Å². The molecule has 2 nitrogen and oxygen atoms in total. The van der Waals surface area contributed by atoms with Crippen LogP contribution in [0, 0.1) is 5.82 Å². The molecule has 1 aliphatic rings. The molecule has 1 aromatic rings. The SMILES string of the molecule is CC(=O)N1CCc2ccc(Cl)c(F)c2[C@@H](C)C1. The minimum absolute atomic E-state index is 0.0184. The van der Waals surface area contributed by atoms with E-state index in [4.69, 9.17) is 11.6 Å². The lowest BCUT2D eigenvalue weighted by Crippen LogP contribution is -2.32. The van der Waals surface area contributed by atoms with Crippen LogP contribution >= 0.6 is 11.6 Å². The Kier molecular flexibility index (Phi) is 3.38. The maximum absolute atomic E-state index is 14.0. The molecule has 0 aromatic heterocycles. The minimum Gasteiger partial charge on any atom is -0.342 e. The lowest BCUT2D eigenvalue weighted by atomic mass is 9.95. The van der Waals surface area contributed by atoms with Crippen LogP contribution in [-0.2, 0) is 11.2 Å². The molecule has 0 fully saturated rings. The first-order valence-electron chi connectivity index (χ1n) is 5.73. The standard InChI is InChI=1S/C13H15ClFNO/c1-8-7-16(9(2)17)6-5-10-3-4-11(14)13(15)12(8)10/h3-4,8H,5-7H2,1-2H3/t8-/m0/s1. The summed E-state index contributed by atoms with van der Waals surface area (Å²) in [5, 5.41) is 0.159. The molecule has 0 saturated carbocycles. The molecule has 0 radical (unpaired) electrons. The van der Waals surface area contributed by atoms with E-state index in [-0.39, 0.29) is 22.7 Å². The molecule has 1 heterocycles. The second kappa shape index (κ2) is 4.65. The van der Waals surface area contributed by atoms with E-state index in [2.05, 4.69) is 0 Å². The van der Waals surface area contributed by atoms with Gasteiger partial charge in [-0.2, -0.15) is 0 Å². The number of carbonyl (C=O) groups excluding carboxylic acids is 1. The molecule has 1 atom stereocenters. The van der Waals surface area contributed by atoms with Crippen molar-refractivity contribution in [3.8, 4) is 0 Å². The average Bonchev–Trinajstić information content (AvgIpc) is 2.43. The third-order valence-corrected chi connectivity index (χ3v) is 3.60. The molecule has 0 saturated heterocycles. The van der Waals surface area contributed by atoms with Crippen LogP contribution in [0.4, 0.5) is 4.39 Å². The summed E-state index contributed by atoms with van der Waals surface area (Å²) in [6.07, 6.45) is 0.688. The van der Waals surface area contributed by atoms with Gasteiger partial charge in [-0.15, -0.1) is 0 Å². The molecule has 0 spiro atoms. The number of halogens is 2. The van der Waals surface area contributed by atoms with Crippen molar-refractivity contribution < 1.29 is 9.18 Å². The Bertz CT molecular complexity index is 461. The highest BCUT2D eigenvalue weighted by molar-refractivity contribution is 6.30. The topological polar surface area (TPSA) is 20.3 Å². The molecule has 0 bridgehead atoms. The second-order valence-electron chi connectivity index (χ2n) is 4.55. The second-order valence-corrected chi connectivity index (χ2v) is 4.96. The van der Waals surface area contributed by atoms with Crippen LogP contribution in [0.25, 0.3) is 0 Å². The first-order valence-corrected chi connectivity index (χ1v) is 6.10. The van der Waals surface area contributed by atoms with Gasteiger partial charge in [0.2, 0.25) is 5.91 Å². The van der Waals surface area contributed by atoms with Crippen molar-refractivity contribution >= 4 is 17.5 Å². The molecule has 92 valence electrons. The summed E-state index contributed by atoms with van der Waals surface area (Å²) < 4.78 is 14.0. The zero-order valence-electron chi connectivity index (χ0n) is 9.96. The zero-order chi connectivity index (χ0) is 12.6. The first kappa shape index (κ1) is 12.4. The van der Waals surface area contributed by atoms with Gasteiger partial charge in [0.15, 0.2) is 0 Å². The lowest BCUT2D eigenvalue weighted by molar-refractivity contribution is -0.128. The Hall–Kier alpha value is -1.09. The van der Waals surface area contributed by atoms with E-state index in [0.717, 1.165) is 5.56 Å². The fourth-order valence-electron chi connectivity index (χ4n) is 2.41. The smallest absolute Gasteiger partial charge is 0.219 e. The van der Waals surface area contributed by atoms with Crippen molar-refractivity contribution in [3.63, 3.8) is 0 Å². The predicted molar refractivity (Wildman–Crippen MR) is 65.8 cm³/mol. The maximum Gasteiger partial charge on any atom is 0.219 e. The first-order chi connectivity index (χ1) is 8.00. The van der Waals surface area contributed by atoms with Crippen LogP contribution in [0.15, 0.2) is 12.1 Å². The van der Waals surface area contributed by atoms with Crippen molar-refractivity contribution in [2.45, 2.75) is 26.2 Å². The number of rotatable bonds is 0. The van der Waals surface area contributed by atoms with Gasteiger partial charge >= 0.3 is 0 Å². The van der Waals surface area contributed by atoms with Crippen LogP contribution in [0.5, 0.6) is 0 Å². The molecule has 1 amide bonds. The summed E-state index contributed by atoms with van der Waals surface area (Å²) in [4.78, 5) is 13.2. The number of hydrogen-bond acceptors (Lipinski definition) is 1. The maximum atomic E-state index is 14.0.